The third kappa shape index (κ3) is 4.35. The molecule has 0 radical (unpaired) electrons. The molecule has 0 spiro atoms. The molecule has 0 aliphatic rings. The van der Waals surface area contributed by atoms with E-state index < -0.39 is 0 Å². The number of aliphatic hydroxyl groups is 1. The monoisotopic (exact) mass is 226 g/mol. The number of thiophene rings is 1. The lowest BCUT2D eigenvalue weighted by molar-refractivity contribution is 0.151. The lowest BCUT2D eigenvalue weighted by Crippen LogP contribution is -2.07. The molecule has 86 valence electrons. The van der Waals surface area contributed by atoms with E-state index in [1.54, 1.807) is 11.3 Å². The molecule has 1 aromatic rings. The molecule has 1 atom stereocenters. The topological polar surface area (TPSA) is 20.2 Å². The molecule has 0 amide bonds. The molecule has 0 aliphatic carbocycles. The van der Waals surface area contributed by atoms with E-state index in [4.69, 9.17) is 0 Å². The number of hydrogen-bond donors (Lipinski definition) is 1. The summed E-state index contributed by atoms with van der Waals surface area (Å²) in [6, 6.07) is 4.19. The van der Waals surface area contributed by atoms with Gasteiger partial charge in [0.1, 0.15) is 0 Å². The second kappa shape index (κ2) is 5.13. The van der Waals surface area contributed by atoms with Crippen molar-refractivity contribution in [2.24, 2.45) is 5.41 Å². The summed E-state index contributed by atoms with van der Waals surface area (Å²) in [5.74, 6) is 0. The quantitative estimate of drug-likeness (QED) is 0.817. The predicted molar refractivity (Wildman–Crippen MR) is 67.3 cm³/mol. The Morgan fingerprint density at radius 1 is 1.33 bits per heavy atom. The highest BCUT2D eigenvalue weighted by Crippen LogP contribution is 2.30. The predicted octanol–water partition coefficient (Wildman–Crippen LogP) is 4.17. The van der Waals surface area contributed by atoms with Gasteiger partial charge in [-0.25, -0.2) is 0 Å². The van der Waals surface area contributed by atoms with Crippen LogP contribution in [0, 0.1) is 5.41 Å². The third-order valence-electron chi connectivity index (χ3n) is 2.53. The summed E-state index contributed by atoms with van der Waals surface area (Å²) < 4.78 is 0. The molecule has 0 fully saturated rings. The van der Waals surface area contributed by atoms with Crippen molar-refractivity contribution in [2.75, 3.05) is 0 Å². The van der Waals surface area contributed by atoms with Gasteiger partial charge >= 0.3 is 0 Å². The van der Waals surface area contributed by atoms with Gasteiger partial charge in [0.05, 0.1) is 6.10 Å². The van der Waals surface area contributed by atoms with Crippen molar-refractivity contribution in [3.05, 3.63) is 21.9 Å². The van der Waals surface area contributed by atoms with Gasteiger partial charge in [-0.05, 0) is 36.8 Å². The Morgan fingerprint density at radius 3 is 2.47 bits per heavy atom. The average molecular weight is 226 g/mol. The van der Waals surface area contributed by atoms with Gasteiger partial charge in [0, 0.05) is 9.75 Å². The minimum atomic E-state index is -0.269. The van der Waals surface area contributed by atoms with Crippen LogP contribution in [0.4, 0.5) is 0 Å². The van der Waals surface area contributed by atoms with E-state index in [2.05, 4.69) is 39.8 Å². The number of hydrogen-bond acceptors (Lipinski definition) is 2. The first-order valence-corrected chi connectivity index (χ1v) is 6.50. The molecule has 1 unspecified atom stereocenters. The zero-order valence-electron chi connectivity index (χ0n) is 10.2. The highest BCUT2D eigenvalue weighted by molar-refractivity contribution is 7.12. The van der Waals surface area contributed by atoms with Gasteiger partial charge in [-0.3, -0.25) is 0 Å². The first kappa shape index (κ1) is 12.7. The van der Waals surface area contributed by atoms with E-state index in [1.807, 2.05) is 0 Å². The summed E-state index contributed by atoms with van der Waals surface area (Å²) in [6.45, 7) is 8.79. The fourth-order valence-corrected chi connectivity index (χ4v) is 2.45. The summed E-state index contributed by atoms with van der Waals surface area (Å²) in [4.78, 5) is 2.48. The van der Waals surface area contributed by atoms with Crippen LogP contribution in [0.5, 0.6) is 0 Å². The van der Waals surface area contributed by atoms with Crippen molar-refractivity contribution in [3.63, 3.8) is 0 Å². The van der Waals surface area contributed by atoms with E-state index in [9.17, 15) is 5.11 Å². The van der Waals surface area contributed by atoms with Crippen molar-refractivity contribution >= 4 is 11.3 Å². The summed E-state index contributed by atoms with van der Waals surface area (Å²) >= 11 is 1.74. The second-order valence-electron chi connectivity index (χ2n) is 5.27. The van der Waals surface area contributed by atoms with E-state index in [0.717, 1.165) is 24.1 Å². The molecule has 1 N–H and O–H groups in total. The first-order chi connectivity index (χ1) is 6.92. The zero-order valence-corrected chi connectivity index (χ0v) is 11.0. The van der Waals surface area contributed by atoms with Crippen LogP contribution in [0.3, 0.4) is 0 Å². The average Bonchev–Trinajstić information content (AvgIpc) is 2.61. The minimum absolute atomic E-state index is 0.269. The van der Waals surface area contributed by atoms with E-state index in [0.29, 0.717) is 5.41 Å². The molecule has 15 heavy (non-hydrogen) atoms. The minimum Gasteiger partial charge on any atom is -0.388 e. The normalized spacial score (nSPS) is 14.2. The molecule has 0 aromatic carbocycles. The van der Waals surface area contributed by atoms with Crippen molar-refractivity contribution in [1.29, 1.82) is 0 Å². The van der Waals surface area contributed by atoms with E-state index in [1.165, 1.54) is 4.88 Å². The lowest BCUT2D eigenvalue weighted by Gasteiger charge is -2.19. The molecule has 0 bridgehead atoms. The van der Waals surface area contributed by atoms with Crippen LogP contribution in [0.2, 0.25) is 0 Å². The van der Waals surface area contributed by atoms with Gasteiger partial charge in [-0.2, -0.15) is 0 Å². The first-order valence-electron chi connectivity index (χ1n) is 5.69. The highest BCUT2D eigenvalue weighted by atomic mass is 32.1. The fraction of sp³-hybridized carbons (Fsp3) is 0.692. The van der Waals surface area contributed by atoms with Crippen LogP contribution in [-0.2, 0) is 6.42 Å². The Balaban J connectivity index is 2.50. The van der Waals surface area contributed by atoms with Crippen LogP contribution >= 0.6 is 11.3 Å². The standard InChI is InChI=1S/C13H22OS/c1-5-10-6-7-12(15-10)11(14)8-9-13(2,3)4/h6-7,11,14H,5,8-9H2,1-4H3. The summed E-state index contributed by atoms with van der Waals surface area (Å²) in [5, 5.41) is 10.0. The van der Waals surface area contributed by atoms with E-state index in [-0.39, 0.29) is 6.10 Å². The number of rotatable bonds is 4. The van der Waals surface area contributed by atoms with Gasteiger partial charge in [0.2, 0.25) is 0 Å². The Bertz CT molecular complexity index is 296. The molecular weight excluding hydrogens is 204 g/mol. The maximum absolute atomic E-state index is 10.0. The maximum atomic E-state index is 10.0. The molecule has 0 saturated carbocycles. The van der Waals surface area contributed by atoms with Crippen molar-refractivity contribution in [3.8, 4) is 0 Å². The van der Waals surface area contributed by atoms with Crippen LogP contribution in [-0.4, -0.2) is 5.11 Å². The maximum Gasteiger partial charge on any atom is 0.0882 e. The van der Waals surface area contributed by atoms with Gasteiger partial charge in [0.15, 0.2) is 0 Å². The van der Waals surface area contributed by atoms with Crippen molar-refractivity contribution in [2.45, 2.75) is 53.1 Å². The summed E-state index contributed by atoms with van der Waals surface area (Å²) in [6.07, 6.45) is 2.73. The number of aryl methyl sites for hydroxylation is 1. The van der Waals surface area contributed by atoms with E-state index >= 15 is 0 Å². The third-order valence-corrected chi connectivity index (χ3v) is 3.86. The summed E-state index contributed by atoms with van der Waals surface area (Å²) in [7, 11) is 0. The zero-order chi connectivity index (χ0) is 11.5. The van der Waals surface area contributed by atoms with Crippen LogP contribution in [0.25, 0.3) is 0 Å². The Kier molecular flexibility index (Phi) is 4.35. The smallest absolute Gasteiger partial charge is 0.0882 e. The van der Waals surface area contributed by atoms with Gasteiger partial charge < -0.3 is 5.11 Å². The van der Waals surface area contributed by atoms with Crippen LogP contribution in [0.1, 0.15) is 56.4 Å². The Hall–Kier alpha value is -0.340. The van der Waals surface area contributed by atoms with Crippen molar-refractivity contribution < 1.29 is 5.11 Å². The molecule has 2 heteroatoms. The molecule has 1 aromatic heterocycles. The molecule has 1 rings (SSSR count). The lowest BCUT2D eigenvalue weighted by atomic mass is 9.89. The highest BCUT2D eigenvalue weighted by Gasteiger charge is 2.15. The largest absolute Gasteiger partial charge is 0.388 e. The SMILES string of the molecule is CCc1ccc(C(O)CCC(C)(C)C)s1. The van der Waals surface area contributed by atoms with Crippen molar-refractivity contribution in [1.82, 2.24) is 0 Å². The molecule has 0 aliphatic heterocycles. The molecule has 0 saturated heterocycles. The Morgan fingerprint density at radius 2 is 2.00 bits per heavy atom. The number of aliphatic hydroxyl groups excluding tert-OH is 1. The Labute approximate surface area is 97.2 Å². The van der Waals surface area contributed by atoms with Gasteiger partial charge in [-0.15, -0.1) is 11.3 Å². The second-order valence-corrected chi connectivity index (χ2v) is 6.47. The fourth-order valence-electron chi connectivity index (χ4n) is 1.48. The molecule has 1 heterocycles. The van der Waals surface area contributed by atoms with Gasteiger partial charge in [0.25, 0.3) is 0 Å². The molecule has 1 nitrogen and oxygen atoms in total. The van der Waals surface area contributed by atoms with Crippen LogP contribution in [0.15, 0.2) is 12.1 Å². The summed E-state index contributed by atoms with van der Waals surface area (Å²) in [5.41, 5.74) is 0.311. The van der Waals surface area contributed by atoms with Gasteiger partial charge in [-0.1, -0.05) is 27.7 Å². The molecular formula is C13H22OS. The van der Waals surface area contributed by atoms with Crippen LogP contribution < -0.4 is 0 Å².